The van der Waals surface area contributed by atoms with Crippen LogP contribution in [0.1, 0.15) is 12.8 Å². The largest absolute Gasteiger partial charge is 0.323 e. The third kappa shape index (κ3) is 3.93. The van der Waals surface area contributed by atoms with Gasteiger partial charge in [-0.1, -0.05) is 27.5 Å². The van der Waals surface area contributed by atoms with E-state index in [1.807, 2.05) is 0 Å². The summed E-state index contributed by atoms with van der Waals surface area (Å²) in [5.41, 5.74) is 0.242. The van der Waals surface area contributed by atoms with Crippen molar-refractivity contribution in [2.75, 3.05) is 11.9 Å². The zero-order valence-corrected chi connectivity index (χ0v) is 16.6. The van der Waals surface area contributed by atoms with Crippen molar-refractivity contribution in [3.05, 3.63) is 57.8 Å². The van der Waals surface area contributed by atoms with Gasteiger partial charge in [0.05, 0.1) is 15.6 Å². The lowest BCUT2D eigenvalue weighted by molar-refractivity contribution is -0.119. The molecule has 1 fully saturated rings. The van der Waals surface area contributed by atoms with Crippen molar-refractivity contribution in [1.82, 2.24) is 4.31 Å². The number of nitrogens with one attached hydrogen (secondary N) is 1. The number of rotatable bonds is 4. The molecule has 2 aromatic rings. The minimum atomic E-state index is -3.80. The summed E-state index contributed by atoms with van der Waals surface area (Å²) < 4.78 is 40.9. The molecule has 0 aromatic heterocycles. The maximum absolute atomic E-state index is 13.1. The number of anilines is 1. The van der Waals surface area contributed by atoms with E-state index in [2.05, 4.69) is 21.2 Å². The number of amides is 1. The maximum atomic E-state index is 13.1. The second-order valence-corrected chi connectivity index (χ2v) is 9.05. The van der Waals surface area contributed by atoms with Crippen molar-refractivity contribution in [3.63, 3.8) is 0 Å². The third-order valence-corrected chi connectivity index (χ3v) is 6.88. The average molecular weight is 462 g/mol. The van der Waals surface area contributed by atoms with E-state index in [4.69, 9.17) is 11.6 Å². The van der Waals surface area contributed by atoms with Crippen LogP contribution in [-0.2, 0) is 14.8 Å². The van der Waals surface area contributed by atoms with Crippen LogP contribution in [0.3, 0.4) is 0 Å². The Balaban J connectivity index is 1.83. The number of carbonyl (C=O) groups excluding carboxylic acids is 1. The van der Waals surface area contributed by atoms with Gasteiger partial charge < -0.3 is 5.32 Å². The summed E-state index contributed by atoms with van der Waals surface area (Å²) in [5.74, 6) is -1.01. The summed E-state index contributed by atoms with van der Waals surface area (Å²) in [5, 5.41) is 2.65. The third-order valence-electron chi connectivity index (χ3n) is 4.12. The first-order valence-corrected chi connectivity index (χ1v) is 10.4. The van der Waals surface area contributed by atoms with Crippen molar-refractivity contribution in [3.8, 4) is 0 Å². The Morgan fingerprint density at radius 3 is 2.58 bits per heavy atom. The molecule has 1 amide bonds. The van der Waals surface area contributed by atoms with Crippen LogP contribution in [0.15, 0.2) is 51.8 Å². The fourth-order valence-corrected chi connectivity index (χ4v) is 4.97. The Morgan fingerprint density at radius 1 is 1.23 bits per heavy atom. The van der Waals surface area contributed by atoms with E-state index in [9.17, 15) is 17.6 Å². The summed E-state index contributed by atoms with van der Waals surface area (Å²) in [6.07, 6.45) is 0.978. The van der Waals surface area contributed by atoms with Crippen molar-refractivity contribution < 1.29 is 17.6 Å². The van der Waals surface area contributed by atoms with E-state index in [0.29, 0.717) is 12.8 Å². The fraction of sp³-hybridized carbons (Fsp3) is 0.235. The molecule has 1 saturated heterocycles. The van der Waals surface area contributed by atoms with Crippen LogP contribution in [0.5, 0.6) is 0 Å². The van der Waals surface area contributed by atoms with E-state index in [1.165, 1.54) is 28.6 Å². The number of benzene rings is 2. The minimum absolute atomic E-state index is 0.0543. The molecule has 1 atom stereocenters. The lowest BCUT2D eigenvalue weighted by atomic mass is 10.2. The van der Waals surface area contributed by atoms with Gasteiger partial charge in [-0.25, -0.2) is 12.8 Å². The molecule has 1 aliphatic heterocycles. The average Bonchev–Trinajstić information content (AvgIpc) is 3.08. The molecule has 0 radical (unpaired) electrons. The molecular formula is C17H15BrClFN2O3S. The Bertz CT molecular complexity index is 938. The first-order chi connectivity index (χ1) is 12.3. The van der Waals surface area contributed by atoms with Gasteiger partial charge in [-0.3, -0.25) is 4.79 Å². The summed E-state index contributed by atoms with van der Waals surface area (Å²) in [6.45, 7) is 0.258. The van der Waals surface area contributed by atoms with Crippen LogP contribution in [0.25, 0.3) is 0 Å². The van der Waals surface area contributed by atoms with Gasteiger partial charge in [0.25, 0.3) is 0 Å². The lowest BCUT2D eigenvalue weighted by Gasteiger charge is -2.23. The molecule has 1 aliphatic rings. The molecule has 1 heterocycles. The Labute approximate surface area is 164 Å². The van der Waals surface area contributed by atoms with Crippen molar-refractivity contribution in [2.24, 2.45) is 0 Å². The highest BCUT2D eigenvalue weighted by atomic mass is 79.9. The van der Waals surface area contributed by atoms with Gasteiger partial charge in [-0.2, -0.15) is 4.31 Å². The van der Waals surface area contributed by atoms with E-state index < -0.39 is 27.8 Å². The number of halogens is 3. The molecule has 0 saturated carbocycles. The van der Waals surface area contributed by atoms with Crippen LogP contribution in [0, 0.1) is 5.82 Å². The van der Waals surface area contributed by atoms with Gasteiger partial charge in [-0.05, 0) is 55.3 Å². The highest BCUT2D eigenvalue weighted by Crippen LogP contribution is 2.29. The van der Waals surface area contributed by atoms with Crippen LogP contribution in [0.2, 0.25) is 5.02 Å². The van der Waals surface area contributed by atoms with Crippen LogP contribution in [0.4, 0.5) is 10.1 Å². The number of carbonyl (C=O) groups is 1. The Kier molecular flexibility index (Phi) is 5.67. The first-order valence-electron chi connectivity index (χ1n) is 7.82. The monoisotopic (exact) mass is 460 g/mol. The molecule has 0 bridgehead atoms. The maximum Gasteiger partial charge on any atom is 0.243 e. The van der Waals surface area contributed by atoms with Gasteiger partial charge >= 0.3 is 0 Å². The van der Waals surface area contributed by atoms with E-state index in [1.54, 1.807) is 12.1 Å². The lowest BCUT2D eigenvalue weighted by Crippen LogP contribution is -2.43. The molecule has 3 rings (SSSR count). The minimum Gasteiger partial charge on any atom is -0.323 e. The van der Waals surface area contributed by atoms with Crippen LogP contribution >= 0.6 is 27.5 Å². The fourth-order valence-electron chi connectivity index (χ4n) is 2.84. The Morgan fingerprint density at radius 2 is 1.92 bits per heavy atom. The molecule has 0 unspecified atom stereocenters. The number of nitrogens with zero attached hydrogens (tertiary/aromatic N) is 1. The zero-order valence-electron chi connectivity index (χ0n) is 13.5. The predicted molar refractivity (Wildman–Crippen MR) is 101 cm³/mol. The Hall–Kier alpha value is -1.48. The molecule has 2 aromatic carbocycles. The number of hydrogen-bond donors (Lipinski definition) is 1. The smallest absolute Gasteiger partial charge is 0.243 e. The summed E-state index contributed by atoms with van der Waals surface area (Å²) in [7, 11) is -3.80. The van der Waals surface area contributed by atoms with Gasteiger partial charge in [0.2, 0.25) is 15.9 Å². The van der Waals surface area contributed by atoms with Gasteiger partial charge in [0.1, 0.15) is 11.9 Å². The van der Waals surface area contributed by atoms with Gasteiger partial charge in [0.15, 0.2) is 0 Å². The van der Waals surface area contributed by atoms with Gasteiger partial charge in [0, 0.05) is 11.0 Å². The molecule has 1 N–H and O–H groups in total. The molecule has 0 aliphatic carbocycles. The molecular weight excluding hydrogens is 447 g/mol. The topological polar surface area (TPSA) is 66.5 Å². The highest BCUT2D eigenvalue weighted by molar-refractivity contribution is 9.10. The van der Waals surface area contributed by atoms with Crippen LogP contribution < -0.4 is 5.32 Å². The molecule has 138 valence electrons. The molecule has 0 spiro atoms. The normalized spacial score (nSPS) is 18.0. The first kappa shape index (κ1) is 19.3. The predicted octanol–water partition coefficient (Wildman–Crippen LogP) is 4.03. The second kappa shape index (κ2) is 7.64. The standard InChI is InChI=1S/C17H15BrClFN2O3S/c18-11-3-6-13(7-4-11)26(24,25)22-9-1-2-16(22)17(23)21-15-8-5-12(20)10-14(15)19/h3-8,10,16H,1-2,9H2,(H,21,23)/t16-/m1/s1. The van der Waals surface area contributed by atoms with E-state index in [0.717, 1.165) is 10.5 Å². The van der Waals surface area contributed by atoms with E-state index in [-0.39, 0.29) is 22.2 Å². The molecule has 9 heteroatoms. The van der Waals surface area contributed by atoms with Crippen LogP contribution in [-0.4, -0.2) is 31.2 Å². The number of sulfonamides is 1. The van der Waals surface area contributed by atoms with E-state index >= 15 is 0 Å². The van der Waals surface area contributed by atoms with Gasteiger partial charge in [-0.15, -0.1) is 0 Å². The van der Waals surface area contributed by atoms with Crippen molar-refractivity contribution >= 4 is 49.1 Å². The zero-order chi connectivity index (χ0) is 18.9. The molecule has 5 nitrogen and oxygen atoms in total. The summed E-state index contributed by atoms with van der Waals surface area (Å²) in [4.78, 5) is 12.7. The van der Waals surface area contributed by atoms with Crippen molar-refractivity contribution in [1.29, 1.82) is 0 Å². The number of hydrogen-bond acceptors (Lipinski definition) is 3. The second-order valence-electron chi connectivity index (χ2n) is 5.84. The summed E-state index contributed by atoms with van der Waals surface area (Å²) >= 11 is 9.19. The highest BCUT2D eigenvalue weighted by Gasteiger charge is 2.39. The molecule has 26 heavy (non-hydrogen) atoms. The summed E-state index contributed by atoms with van der Waals surface area (Å²) in [6, 6.07) is 9.01. The SMILES string of the molecule is O=C(Nc1ccc(F)cc1Cl)[C@H]1CCCN1S(=O)(=O)c1ccc(Br)cc1. The quantitative estimate of drug-likeness (QED) is 0.747. The van der Waals surface area contributed by atoms with Crippen molar-refractivity contribution in [2.45, 2.75) is 23.8 Å².